The van der Waals surface area contributed by atoms with Gasteiger partial charge in [0.15, 0.2) is 0 Å². The molecule has 0 spiro atoms. The molecule has 0 radical (unpaired) electrons. The Bertz CT molecular complexity index is 1300. The number of esters is 1. The van der Waals surface area contributed by atoms with Crippen molar-refractivity contribution in [2.45, 2.75) is 48.5 Å². The van der Waals surface area contributed by atoms with E-state index in [1.54, 1.807) is 85.1 Å². The highest BCUT2D eigenvalue weighted by Gasteiger charge is 2.40. The fourth-order valence-electron chi connectivity index (χ4n) is 3.28. The van der Waals surface area contributed by atoms with Crippen LogP contribution >= 0.6 is 0 Å². The van der Waals surface area contributed by atoms with E-state index in [0.717, 1.165) is 5.06 Å². The van der Waals surface area contributed by atoms with E-state index in [-0.39, 0.29) is 17.0 Å². The summed E-state index contributed by atoms with van der Waals surface area (Å²) in [5.41, 5.74) is -0.127. The second-order valence-electron chi connectivity index (χ2n) is 10.8. The number of benzene rings is 2. The molecule has 0 saturated heterocycles. The number of nitrogens with one attached hydrogen (secondary N) is 2. The number of carbonyl (C=O) groups is 4. The molecular weight excluding hydrogens is 490 g/mol. The van der Waals surface area contributed by atoms with Gasteiger partial charge in [-0.2, -0.15) is 0 Å². The monoisotopic (exact) mass is 523 g/mol. The second kappa shape index (κ2) is 10.6. The molecule has 1 heterocycles. The Kier molecular flexibility index (Phi) is 7.85. The summed E-state index contributed by atoms with van der Waals surface area (Å²) < 4.78 is 10.6. The molecule has 0 fully saturated rings. The molecule has 38 heavy (non-hydrogen) atoms. The molecule has 202 valence electrons. The lowest BCUT2D eigenvalue weighted by Gasteiger charge is -2.22. The Labute approximate surface area is 221 Å². The third-order valence-corrected chi connectivity index (χ3v) is 5.49. The van der Waals surface area contributed by atoms with E-state index >= 15 is 0 Å². The standard InChI is InChI=1S/C28H33N3O7/c1-16(37-24(33)27(2,3)4)22-20-14-11-18(30-26(35)29-17-9-12-19(36-8)13-10-17)15-21(20)31(23(22)32)38-25(34)28(5,6)7/h9-15H,1-8H3,(H2,29,30,35)/b22-16-. The topological polar surface area (TPSA) is 123 Å². The highest BCUT2D eigenvalue weighted by Crippen LogP contribution is 2.41. The van der Waals surface area contributed by atoms with Crippen LogP contribution in [0.2, 0.25) is 0 Å². The first-order valence-corrected chi connectivity index (χ1v) is 12.0. The van der Waals surface area contributed by atoms with Gasteiger partial charge in [0.1, 0.15) is 11.5 Å². The van der Waals surface area contributed by atoms with Crippen molar-refractivity contribution < 1.29 is 33.5 Å². The number of amides is 3. The number of urea groups is 1. The van der Waals surface area contributed by atoms with Crippen LogP contribution in [0.25, 0.3) is 5.57 Å². The number of carbonyl (C=O) groups excluding carboxylic acids is 4. The lowest BCUT2D eigenvalue weighted by molar-refractivity contribution is -0.157. The average Bonchev–Trinajstić information content (AvgIpc) is 3.09. The Morgan fingerprint density at radius 2 is 1.37 bits per heavy atom. The molecule has 0 aliphatic carbocycles. The second-order valence-corrected chi connectivity index (χ2v) is 10.8. The molecule has 1 aliphatic heterocycles. The van der Waals surface area contributed by atoms with Crippen LogP contribution in [0.1, 0.15) is 54.0 Å². The first-order valence-electron chi connectivity index (χ1n) is 12.0. The van der Waals surface area contributed by atoms with Crippen molar-refractivity contribution >= 4 is 46.5 Å². The minimum Gasteiger partial charge on any atom is -0.497 e. The van der Waals surface area contributed by atoms with Gasteiger partial charge in [0, 0.05) is 16.9 Å². The zero-order valence-electron chi connectivity index (χ0n) is 22.8. The van der Waals surface area contributed by atoms with E-state index in [9.17, 15) is 19.2 Å². The lowest BCUT2D eigenvalue weighted by Crippen LogP contribution is -2.35. The predicted molar refractivity (Wildman–Crippen MR) is 143 cm³/mol. The molecule has 0 bridgehead atoms. The summed E-state index contributed by atoms with van der Waals surface area (Å²) in [5.74, 6) is -1.11. The van der Waals surface area contributed by atoms with E-state index in [0.29, 0.717) is 22.7 Å². The molecule has 2 aromatic rings. The number of hydrogen-bond donors (Lipinski definition) is 2. The van der Waals surface area contributed by atoms with E-state index in [4.69, 9.17) is 14.3 Å². The molecule has 0 unspecified atom stereocenters. The average molecular weight is 524 g/mol. The van der Waals surface area contributed by atoms with Crippen LogP contribution in [0.15, 0.2) is 48.2 Å². The summed E-state index contributed by atoms with van der Waals surface area (Å²) in [6.07, 6.45) is 0. The first kappa shape index (κ1) is 28.2. The summed E-state index contributed by atoms with van der Waals surface area (Å²) in [6.45, 7) is 11.6. The molecular formula is C28H33N3O7. The fraction of sp³-hybridized carbons (Fsp3) is 0.357. The zero-order chi connectivity index (χ0) is 28.4. The van der Waals surface area contributed by atoms with Gasteiger partial charge < -0.3 is 24.9 Å². The van der Waals surface area contributed by atoms with Crippen LogP contribution in [0.3, 0.4) is 0 Å². The molecule has 2 aromatic carbocycles. The Morgan fingerprint density at radius 3 is 1.92 bits per heavy atom. The van der Waals surface area contributed by atoms with Crippen molar-refractivity contribution in [2.24, 2.45) is 10.8 Å². The summed E-state index contributed by atoms with van der Waals surface area (Å²) >= 11 is 0. The number of ether oxygens (including phenoxy) is 2. The van der Waals surface area contributed by atoms with Crippen molar-refractivity contribution in [1.82, 2.24) is 0 Å². The van der Waals surface area contributed by atoms with Gasteiger partial charge in [-0.15, -0.1) is 5.06 Å². The van der Waals surface area contributed by atoms with Gasteiger partial charge in [-0.25, -0.2) is 9.59 Å². The van der Waals surface area contributed by atoms with Crippen LogP contribution in [0.4, 0.5) is 21.9 Å². The van der Waals surface area contributed by atoms with Gasteiger partial charge >= 0.3 is 18.0 Å². The molecule has 0 atom stereocenters. The van der Waals surface area contributed by atoms with Crippen molar-refractivity contribution in [3.8, 4) is 5.75 Å². The van der Waals surface area contributed by atoms with Crippen molar-refractivity contribution in [3.63, 3.8) is 0 Å². The number of rotatable bonds is 5. The molecule has 3 amide bonds. The van der Waals surface area contributed by atoms with Gasteiger partial charge in [0.25, 0.3) is 5.91 Å². The van der Waals surface area contributed by atoms with Crippen LogP contribution in [-0.2, 0) is 24.0 Å². The minimum absolute atomic E-state index is 0.0726. The quantitative estimate of drug-likeness (QED) is 0.301. The summed E-state index contributed by atoms with van der Waals surface area (Å²) in [5, 5.41) is 6.27. The fourth-order valence-corrected chi connectivity index (χ4v) is 3.28. The van der Waals surface area contributed by atoms with E-state index in [2.05, 4.69) is 10.6 Å². The zero-order valence-corrected chi connectivity index (χ0v) is 22.8. The number of fused-ring (bicyclic) bond motifs is 1. The lowest BCUT2D eigenvalue weighted by atomic mass is 9.97. The molecule has 3 rings (SSSR count). The third kappa shape index (κ3) is 6.31. The maximum atomic E-state index is 13.4. The number of allylic oxidation sites excluding steroid dienone is 1. The molecule has 10 heteroatoms. The van der Waals surface area contributed by atoms with E-state index in [1.165, 1.54) is 13.0 Å². The number of nitrogens with zero attached hydrogens (tertiary/aromatic N) is 1. The molecule has 2 N–H and O–H groups in total. The number of anilines is 3. The SMILES string of the molecule is COc1ccc(NC(=O)Nc2ccc3c(c2)N(OC(=O)C(C)(C)C)C(=O)/C3=C(/C)OC(=O)C(C)(C)C)cc1. The van der Waals surface area contributed by atoms with Gasteiger partial charge in [0.2, 0.25) is 0 Å². The van der Waals surface area contributed by atoms with E-state index < -0.39 is 34.7 Å². The summed E-state index contributed by atoms with van der Waals surface area (Å²) in [4.78, 5) is 56.6. The summed E-state index contributed by atoms with van der Waals surface area (Å²) in [7, 11) is 1.55. The normalized spacial score (nSPS) is 14.4. The van der Waals surface area contributed by atoms with E-state index in [1.807, 2.05) is 0 Å². The maximum absolute atomic E-state index is 13.4. The minimum atomic E-state index is -0.894. The van der Waals surface area contributed by atoms with Crippen molar-refractivity contribution in [3.05, 3.63) is 53.8 Å². The molecule has 0 aromatic heterocycles. The summed E-state index contributed by atoms with van der Waals surface area (Å²) in [6, 6.07) is 10.9. The van der Waals surface area contributed by atoms with Crippen LogP contribution in [0.5, 0.6) is 5.75 Å². The smallest absolute Gasteiger partial charge is 0.338 e. The maximum Gasteiger partial charge on any atom is 0.338 e. The highest BCUT2D eigenvalue weighted by atomic mass is 16.7. The first-order chi connectivity index (χ1) is 17.6. The largest absolute Gasteiger partial charge is 0.497 e. The van der Waals surface area contributed by atoms with Crippen LogP contribution in [0, 0.1) is 10.8 Å². The van der Waals surface area contributed by atoms with Gasteiger partial charge in [-0.3, -0.25) is 9.59 Å². The molecule has 1 aliphatic rings. The number of hydroxylamine groups is 1. The van der Waals surface area contributed by atoms with Crippen LogP contribution < -0.4 is 20.4 Å². The highest BCUT2D eigenvalue weighted by molar-refractivity contribution is 6.32. The van der Waals surface area contributed by atoms with Crippen molar-refractivity contribution in [2.75, 3.05) is 22.8 Å². The number of methoxy groups -OCH3 is 1. The molecule has 0 saturated carbocycles. The van der Waals surface area contributed by atoms with Crippen LogP contribution in [-0.4, -0.2) is 31.0 Å². The van der Waals surface area contributed by atoms with Gasteiger partial charge in [-0.1, -0.05) is 0 Å². The van der Waals surface area contributed by atoms with Gasteiger partial charge in [-0.05, 0) is 90.9 Å². The Morgan fingerprint density at radius 1 is 0.816 bits per heavy atom. The van der Waals surface area contributed by atoms with Crippen molar-refractivity contribution in [1.29, 1.82) is 0 Å². The third-order valence-electron chi connectivity index (χ3n) is 5.49. The number of hydrogen-bond acceptors (Lipinski definition) is 7. The Hall–Kier alpha value is -4.34. The van der Waals surface area contributed by atoms with Gasteiger partial charge in [0.05, 0.1) is 29.2 Å². The Balaban J connectivity index is 1.94. The molecule has 10 nitrogen and oxygen atoms in total. The predicted octanol–water partition coefficient (Wildman–Crippen LogP) is 5.51.